The lowest BCUT2D eigenvalue weighted by Crippen LogP contribution is -2.42. The number of aryl methyl sites for hydroxylation is 2. The quantitative estimate of drug-likeness (QED) is 0.907. The van der Waals surface area contributed by atoms with Crippen LogP contribution >= 0.6 is 11.6 Å². The molecule has 3 rings (SSSR count). The Morgan fingerprint density at radius 1 is 1.50 bits per heavy atom. The van der Waals surface area contributed by atoms with Crippen molar-refractivity contribution in [1.29, 1.82) is 0 Å². The van der Waals surface area contributed by atoms with E-state index in [2.05, 4.69) is 17.3 Å². The predicted octanol–water partition coefficient (Wildman–Crippen LogP) is 2.47. The van der Waals surface area contributed by atoms with Crippen LogP contribution in [0.25, 0.3) is 0 Å². The molecule has 2 fully saturated rings. The van der Waals surface area contributed by atoms with Gasteiger partial charge in [0, 0.05) is 24.6 Å². The summed E-state index contributed by atoms with van der Waals surface area (Å²) in [7, 11) is 1.90. The van der Waals surface area contributed by atoms with Crippen molar-refractivity contribution in [2.45, 2.75) is 57.8 Å². The maximum Gasteiger partial charge on any atom is 0.130 e. The summed E-state index contributed by atoms with van der Waals surface area (Å²) in [6.07, 6.45) is 5.54. The van der Waals surface area contributed by atoms with Crippen LogP contribution in [0, 0.1) is 12.8 Å². The summed E-state index contributed by atoms with van der Waals surface area (Å²) in [6.45, 7) is 5.19. The van der Waals surface area contributed by atoms with Crippen molar-refractivity contribution in [1.82, 2.24) is 15.1 Å². The molecule has 5 heteroatoms. The molecule has 1 N–H and O–H groups in total. The van der Waals surface area contributed by atoms with Crippen molar-refractivity contribution in [3.05, 3.63) is 16.4 Å². The summed E-state index contributed by atoms with van der Waals surface area (Å²) in [5.41, 5.74) is 2.23. The molecule has 2 bridgehead atoms. The van der Waals surface area contributed by atoms with Crippen molar-refractivity contribution in [2.24, 2.45) is 13.0 Å². The Morgan fingerprint density at radius 2 is 2.30 bits per heavy atom. The monoisotopic (exact) mass is 297 g/mol. The maximum absolute atomic E-state index is 6.39. The topological polar surface area (TPSA) is 39.1 Å². The van der Waals surface area contributed by atoms with Gasteiger partial charge < -0.3 is 10.1 Å². The molecule has 2 aliphatic rings. The van der Waals surface area contributed by atoms with E-state index in [9.17, 15) is 0 Å². The number of rotatable bonds is 5. The molecule has 1 aromatic heterocycles. The molecule has 0 aromatic carbocycles. The van der Waals surface area contributed by atoms with Crippen LogP contribution in [-0.2, 0) is 18.2 Å². The zero-order chi connectivity index (χ0) is 14.3. The molecule has 0 saturated carbocycles. The lowest BCUT2D eigenvalue weighted by Gasteiger charge is -2.29. The molecule has 20 heavy (non-hydrogen) atoms. The second-order valence-electron chi connectivity index (χ2n) is 6.12. The number of nitrogens with zero attached hydrogens (tertiary/aromatic N) is 2. The maximum atomic E-state index is 6.39. The van der Waals surface area contributed by atoms with Gasteiger partial charge in [0.1, 0.15) is 5.15 Å². The van der Waals surface area contributed by atoms with E-state index in [0.717, 1.165) is 23.8 Å². The summed E-state index contributed by atoms with van der Waals surface area (Å²) in [6, 6.07) is 0.440. The van der Waals surface area contributed by atoms with Crippen LogP contribution in [0.2, 0.25) is 5.15 Å². The number of hydrogen-bond acceptors (Lipinski definition) is 3. The van der Waals surface area contributed by atoms with Crippen LogP contribution in [0.4, 0.5) is 0 Å². The molecule has 2 aliphatic heterocycles. The molecular weight excluding hydrogens is 274 g/mol. The molecule has 1 aromatic rings. The number of hydrogen-bond donors (Lipinski definition) is 1. The van der Waals surface area contributed by atoms with E-state index >= 15 is 0 Å². The van der Waals surface area contributed by atoms with E-state index in [-0.39, 0.29) is 0 Å². The average Bonchev–Trinajstić information content (AvgIpc) is 3.09. The Hall–Kier alpha value is -0.580. The SMILES string of the molecule is CCNC(Cc1c(C)nn(C)c1Cl)C1CC2CCC1O2. The average molecular weight is 298 g/mol. The molecule has 0 radical (unpaired) electrons. The van der Waals surface area contributed by atoms with Crippen LogP contribution in [-0.4, -0.2) is 34.6 Å². The van der Waals surface area contributed by atoms with E-state index in [0.29, 0.717) is 24.2 Å². The Bertz CT molecular complexity index is 488. The predicted molar refractivity (Wildman–Crippen MR) is 80.1 cm³/mol. The molecule has 4 unspecified atom stereocenters. The van der Waals surface area contributed by atoms with Gasteiger partial charge in [-0.1, -0.05) is 18.5 Å². The first kappa shape index (κ1) is 14.4. The van der Waals surface area contributed by atoms with E-state index in [1.54, 1.807) is 4.68 Å². The highest BCUT2D eigenvalue weighted by atomic mass is 35.5. The number of likely N-dealkylation sites (N-methyl/N-ethyl adjacent to an activating group) is 1. The first-order valence-electron chi connectivity index (χ1n) is 7.67. The van der Waals surface area contributed by atoms with E-state index in [4.69, 9.17) is 16.3 Å². The second kappa shape index (κ2) is 5.66. The van der Waals surface area contributed by atoms with Gasteiger partial charge in [0.15, 0.2) is 0 Å². The highest BCUT2D eigenvalue weighted by Crippen LogP contribution is 2.41. The molecular formula is C15H24ClN3O. The van der Waals surface area contributed by atoms with Gasteiger partial charge in [-0.25, -0.2) is 0 Å². The normalized spacial score (nSPS) is 30.1. The van der Waals surface area contributed by atoms with Crippen LogP contribution < -0.4 is 5.32 Å². The molecule has 2 saturated heterocycles. The van der Waals surface area contributed by atoms with Crippen LogP contribution in [0.5, 0.6) is 0 Å². The Labute approximate surface area is 125 Å². The van der Waals surface area contributed by atoms with Gasteiger partial charge in [-0.05, 0) is 39.2 Å². The summed E-state index contributed by atoms with van der Waals surface area (Å²) in [5.74, 6) is 0.615. The number of halogens is 1. The van der Waals surface area contributed by atoms with Crippen molar-refractivity contribution < 1.29 is 4.74 Å². The summed E-state index contributed by atoms with van der Waals surface area (Å²) in [4.78, 5) is 0. The van der Waals surface area contributed by atoms with Gasteiger partial charge >= 0.3 is 0 Å². The Kier molecular flexibility index (Phi) is 4.07. The van der Waals surface area contributed by atoms with Crippen molar-refractivity contribution in [3.63, 3.8) is 0 Å². The lowest BCUT2D eigenvalue weighted by atomic mass is 9.81. The third kappa shape index (κ3) is 2.49. The Morgan fingerprint density at radius 3 is 2.80 bits per heavy atom. The van der Waals surface area contributed by atoms with Gasteiger partial charge in [-0.3, -0.25) is 4.68 Å². The van der Waals surface area contributed by atoms with Gasteiger partial charge in [0.2, 0.25) is 0 Å². The van der Waals surface area contributed by atoms with Gasteiger partial charge in [-0.2, -0.15) is 5.10 Å². The van der Waals surface area contributed by atoms with Crippen LogP contribution in [0.1, 0.15) is 37.4 Å². The number of fused-ring (bicyclic) bond motifs is 2. The molecule has 0 aliphatic carbocycles. The van der Waals surface area contributed by atoms with Crippen LogP contribution in [0.15, 0.2) is 0 Å². The third-order valence-corrected chi connectivity index (χ3v) is 5.30. The smallest absolute Gasteiger partial charge is 0.130 e. The van der Waals surface area contributed by atoms with Gasteiger partial charge in [0.05, 0.1) is 17.9 Å². The minimum Gasteiger partial charge on any atom is -0.375 e. The van der Waals surface area contributed by atoms with E-state index < -0.39 is 0 Å². The molecule has 3 heterocycles. The van der Waals surface area contributed by atoms with Gasteiger partial charge in [0.25, 0.3) is 0 Å². The lowest BCUT2D eigenvalue weighted by molar-refractivity contribution is 0.0858. The molecule has 112 valence electrons. The zero-order valence-electron chi connectivity index (χ0n) is 12.5. The fourth-order valence-electron chi connectivity index (χ4n) is 3.86. The fourth-order valence-corrected chi connectivity index (χ4v) is 4.12. The first-order chi connectivity index (χ1) is 9.60. The molecule has 0 spiro atoms. The van der Waals surface area contributed by atoms with E-state index in [1.807, 2.05) is 14.0 Å². The summed E-state index contributed by atoms with van der Waals surface area (Å²) in [5, 5.41) is 8.84. The van der Waals surface area contributed by atoms with Crippen molar-refractivity contribution in [3.8, 4) is 0 Å². The van der Waals surface area contributed by atoms with Crippen molar-refractivity contribution >= 4 is 11.6 Å². The fraction of sp³-hybridized carbons (Fsp3) is 0.800. The second-order valence-corrected chi connectivity index (χ2v) is 6.48. The first-order valence-corrected chi connectivity index (χ1v) is 8.04. The standard InChI is InChI=1S/C15H24ClN3O/c1-4-17-13(12-7-10-5-6-14(12)20-10)8-11-9(2)18-19(3)15(11)16/h10,12-14,17H,4-8H2,1-3H3. The number of nitrogens with one attached hydrogen (secondary N) is 1. The summed E-state index contributed by atoms with van der Waals surface area (Å²) >= 11 is 6.39. The number of aromatic nitrogens is 2. The number of ether oxygens (including phenoxy) is 1. The zero-order valence-corrected chi connectivity index (χ0v) is 13.3. The highest BCUT2D eigenvalue weighted by Gasteiger charge is 2.44. The van der Waals surface area contributed by atoms with Crippen LogP contribution in [0.3, 0.4) is 0 Å². The highest BCUT2D eigenvalue weighted by molar-refractivity contribution is 6.30. The Balaban J connectivity index is 1.77. The largest absolute Gasteiger partial charge is 0.375 e. The summed E-state index contributed by atoms with van der Waals surface area (Å²) < 4.78 is 7.79. The molecule has 4 nitrogen and oxygen atoms in total. The van der Waals surface area contributed by atoms with E-state index in [1.165, 1.54) is 24.8 Å². The van der Waals surface area contributed by atoms with Crippen molar-refractivity contribution in [2.75, 3.05) is 6.54 Å². The minimum absolute atomic E-state index is 0.440. The molecule has 0 amide bonds. The minimum atomic E-state index is 0.440. The molecule has 4 atom stereocenters. The van der Waals surface area contributed by atoms with Gasteiger partial charge in [-0.15, -0.1) is 0 Å². The third-order valence-electron chi connectivity index (χ3n) is 4.83.